The Morgan fingerprint density at radius 2 is 1.28 bits per heavy atom. The van der Waals surface area contributed by atoms with Crippen LogP contribution in [0.25, 0.3) is 0 Å². The van der Waals surface area contributed by atoms with E-state index in [4.69, 9.17) is 4.74 Å². The van der Waals surface area contributed by atoms with Gasteiger partial charge in [-0.2, -0.15) is 8.78 Å². The first-order valence-corrected chi connectivity index (χ1v) is 15.8. The summed E-state index contributed by atoms with van der Waals surface area (Å²) in [4.78, 5) is 0. The highest BCUT2D eigenvalue weighted by Gasteiger charge is 2.31. The van der Waals surface area contributed by atoms with Crippen LogP contribution in [0.5, 0.6) is 0 Å². The highest BCUT2D eigenvalue weighted by atomic mass is 19.3. The summed E-state index contributed by atoms with van der Waals surface area (Å²) in [5.41, 5.74) is 4.05. The van der Waals surface area contributed by atoms with Gasteiger partial charge in [-0.15, -0.1) is 6.58 Å². The van der Waals surface area contributed by atoms with Gasteiger partial charge in [0.1, 0.15) is 0 Å². The molecule has 4 rings (SSSR count). The molecule has 0 unspecified atom stereocenters. The average Bonchev–Trinajstić information content (AvgIpc) is 2.97. The molecular weight excluding hydrogens is 486 g/mol. The van der Waals surface area contributed by atoms with E-state index in [1.807, 2.05) is 24.3 Å². The zero-order valence-corrected chi connectivity index (χ0v) is 24.2. The van der Waals surface area contributed by atoms with Crippen LogP contribution in [0.15, 0.2) is 61.2 Å². The summed E-state index contributed by atoms with van der Waals surface area (Å²) >= 11 is 0. The fourth-order valence-electron chi connectivity index (χ4n) is 6.78. The van der Waals surface area contributed by atoms with E-state index < -0.39 is 6.11 Å². The molecule has 2 aliphatic carbocycles. The molecule has 3 heteroatoms. The van der Waals surface area contributed by atoms with E-state index in [9.17, 15) is 8.78 Å². The number of alkyl halides is 2. The number of rotatable bonds is 14. The lowest BCUT2D eigenvalue weighted by molar-refractivity contribution is -0.244. The summed E-state index contributed by atoms with van der Waals surface area (Å²) in [5.74, 6) is 2.66. The van der Waals surface area contributed by atoms with E-state index in [2.05, 4.69) is 43.8 Å². The van der Waals surface area contributed by atoms with E-state index in [0.717, 1.165) is 11.5 Å². The number of hydrogen-bond acceptors (Lipinski definition) is 1. The molecule has 2 fully saturated rings. The highest BCUT2D eigenvalue weighted by Crippen LogP contribution is 2.38. The van der Waals surface area contributed by atoms with Crippen LogP contribution in [0.2, 0.25) is 0 Å². The molecule has 0 N–H and O–H groups in total. The molecule has 2 aromatic rings. The second kappa shape index (κ2) is 15.1. The second-order valence-electron chi connectivity index (χ2n) is 12.4. The average molecular weight is 537 g/mol. The topological polar surface area (TPSA) is 9.23 Å². The Bertz CT molecular complexity index is 964. The van der Waals surface area contributed by atoms with Crippen molar-refractivity contribution < 1.29 is 13.5 Å². The summed E-state index contributed by atoms with van der Waals surface area (Å²) in [6.45, 7) is 6.12. The fraction of sp³-hybridized carbons (Fsp3) is 0.611. The van der Waals surface area contributed by atoms with E-state index in [1.54, 1.807) is 0 Å². The third kappa shape index (κ3) is 9.55. The summed E-state index contributed by atoms with van der Waals surface area (Å²) in [7, 11) is 0. The van der Waals surface area contributed by atoms with Crippen LogP contribution in [0.3, 0.4) is 0 Å². The maximum absolute atomic E-state index is 14.7. The molecule has 2 aromatic carbocycles. The number of hydrogen-bond donors (Lipinski definition) is 0. The molecule has 0 saturated heterocycles. The van der Waals surface area contributed by atoms with Crippen molar-refractivity contribution in [2.24, 2.45) is 11.8 Å². The Morgan fingerprint density at radius 3 is 1.85 bits per heavy atom. The first kappa shape index (κ1) is 30.0. The van der Waals surface area contributed by atoms with E-state index in [-0.39, 0.29) is 13.0 Å². The van der Waals surface area contributed by atoms with Gasteiger partial charge in [-0.05, 0) is 97.3 Å². The van der Waals surface area contributed by atoms with Crippen molar-refractivity contribution in [3.05, 3.63) is 83.4 Å². The Labute approximate surface area is 236 Å². The van der Waals surface area contributed by atoms with Crippen LogP contribution >= 0.6 is 0 Å². The molecule has 1 nitrogen and oxygen atoms in total. The minimum atomic E-state index is -3.18. The van der Waals surface area contributed by atoms with Gasteiger partial charge in [-0.3, -0.25) is 0 Å². The summed E-state index contributed by atoms with van der Waals surface area (Å²) < 4.78 is 34.4. The molecule has 0 aromatic heterocycles. The van der Waals surface area contributed by atoms with Crippen molar-refractivity contribution in [1.29, 1.82) is 0 Å². The van der Waals surface area contributed by atoms with E-state index in [0.29, 0.717) is 23.3 Å². The predicted octanol–water partition coefficient (Wildman–Crippen LogP) is 11.1. The molecule has 0 atom stereocenters. The van der Waals surface area contributed by atoms with Gasteiger partial charge in [-0.25, -0.2) is 0 Å². The number of ether oxygens (including phenoxy) is 1. The maximum atomic E-state index is 14.7. The highest BCUT2D eigenvalue weighted by molar-refractivity contribution is 5.27. The molecule has 0 bridgehead atoms. The second-order valence-corrected chi connectivity index (χ2v) is 12.4. The third-order valence-corrected chi connectivity index (χ3v) is 9.43. The van der Waals surface area contributed by atoms with Crippen LogP contribution in [0, 0.1) is 11.8 Å². The van der Waals surface area contributed by atoms with Crippen LogP contribution < -0.4 is 0 Å². The fourth-order valence-corrected chi connectivity index (χ4v) is 6.78. The quantitative estimate of drug-likeness (QED) is 0.172. The maximum Gasteiger partial charge on any atom is 0.360 e. The molecule has 214 valence electrons. The smallest absolute Gasteiger partial charge is 0.315 e. The molecule has 0 aliphatic heterocycles. The van der Waals surface area contributed by atoms with Gasteiger partial charge in [0.05, 0.1) is 13.0 Å². The Morgan fingerprint density at radius 1 is 0.744 bits per heavy atom. The first-order chi connectivity index (χ1) is 19.0. The lowest BCUT2D eigenvalue weighted by Crippen LogP contribution is -2.23. The normalized spacial score (nSPS) is 24.0. The Hall–Kier alpha value is -2.00. The first-order valence-electron chi connectivity index (χ1n) is 15.8. The standard InChI is InChI=1S/C36H50F2O/c1-3-5-6-7-8-9-29-12-20-33(21-13-29)34-22-14-30(15-23-34)26-36(37,38)39-27-31-16-24-35(25-17-31)32-18-10-28(4-2)11-19-32/h4,14-17,22-25,28-29,32-33H,2-3,5-13,18-21,26-27H2,1H3. The lowest BCUT2D eigenvalue weighted by Gasteiger charge is -2.29. The SMILES string of the molecule is C=CC1CCC(c2ccc(COC(F)(F)Cc3ccc(C4CCC(CCCCCCC)CC4)cc3)cc2)CC1. The van der Waals surface area contributed by atoms with Gasteiger partial charge in [0.2, 0.25) is 0 Å². The molecule has 39 heavy (non-hydrogen) atoms. The van der Waals surface area contributed by atoms with Gasteiger partial charge < -0.3 is 4.74 Å². The zero-order valence-electron chi connectivity index (χ0n) is 24.2. The lowest BCUT2D eigenvalue weighted by atomic mass is 9.77. The number of benzene rings is 2. The van der Waals surface area contributed by atoms with Crippen LogP contribution in [-0.4, -0.2) is 6.11 Å². The summed E-state index contributed by atoms with van der Waals surface area (Å²) in [5, 5.41) is 0. The van der Waals surface area contributed by atoms with Gasteiger partial charge in [-0.1, -0.05) is 100 Å². The number of allylic oxidation sites excluding steroid dienone is 1. The minimum Gasteiger partial charge on any atom is -0.315 e. The molecule has 0 amide bonds. The van der Waals surface area contributed by atoms with Crippen molar-refractivity contribution in [1.82, 2.24) is 0 Å². The number of unbranched alkanes of at least 4 members (excludes halogenated alkanes) is 4. The Kier molecular flexibility index (Phi) is 11.6. The zero-order chi connectivity index (χ0) is 27.5. The Balaban J connectivity index is 1.18. The van der Waals surface area contributed by atoms with E-state index >= 15 is 0 Å². The minimum absolute atomic E-state index is 0.0730. The van der Waals surface area contributed by atoms with E-state index in [1.165, 1.54) is 101 Å². The largest absolute Gasteiger partial charge is 0.360 e. The molecule has 0 radical (unpaired) electrons. The van der Waals surface area contributed by atoms with Crippen molar-refractivity contribution in [3.63, 3.8) is 0 Å². The molecular formula is C36H50F2O. The molecule has 0 spiro atoms. The van der Waals surface area contributed by atoms with Crippen LogP contribution in [0.4, 0.5) is 8.78 Å². The number of halogens is 2. The third-order valence-electron chi connectivity index (χ3n) is 9.43. The molecule has 2 aliphatic rings. The molecule has 2 saturated carbocycles. The monoisotopic (exact) mass is 536 g/mol. The van der Waals surface area contributed by atoms with Crippen molar-refractivity contribution in [3.8, 4) is 0 Å². The van der Waals surface area contributed by atoms with Gasteiger partial charge in [0, 0.05) is 0 Å². The predicted molar refractivity (Wildman–Crippen MR) is 159 cm³/mol. The van der Waals surface area contributed by atoms with Gasteiger partial charge >= 0.3 is 6.11 Å². The van der Waals surface area contributed by atoms with Crippen LogP contribution in [-0.2, 0) is 17.8 Å². The van der Waals surface area contributed by atoms with Crippen molar-refractivity contribution in [2.45, 2.75) is 128 Å². The van der Waals surface area contributed by atoms with Gasteiger partial charge in [0.25, 0.3) is 0 Å². The molecule has 0 heterocycles. The van der Waals surface area contributed by atoms with Gasteiger partial charge in [0.15, 0.2) is 0 Å². The van der Waals surface area contributed by atoms with Crippen LogP contribution in [0.1, 0.15) is 131 Å². The summed E-state index contributed by atoms with van der Waals surface area (Å²) in [6, 6.07) is 16.0. The van der Waals surface area contributed by atoms with Crippen molar-refractivity contribution >= 4 is 0 Å². The van der Waals surface area contributed by atoms with Crippen molar-refractivity contribution in [2.75, 3.05) is 0 Å². The summed E-state index contributed by atoms with van der Waals surface area (Å²) in [6.07, 6.45) is 16.5.